The van der Waals surface area contributed by atoms with E-state index in [0.717, 1.165) is 0 Å². The average molecular weight is 488 g/mol. The molecule has 0 radical (unpaired) electrons. The van der Waals surface area contributed by atoms with E-state index >= 15 is 0 Å². The minimum absolute atomic E-state index is 0.0368. The molecule has 0 aromatic carbocycles. The van der Waals surface area contributed by atoms with E-state index in [-0.39, 0.29) is 36.3 Å². The van der Waals surface area contributed by atoms with Gasteiger partial charge in [-0.3, -0.25) is 9.36 Å². The second kappa shape index (κ2) is 11.7. The van der Waals surface area contributed by atoms with Crippen molar-refractivity contribution >= 4 is 31.6 Å². The van der Waals surface area contributed by atoms with Gasteiger partial charge in [0.1, 0.15) is 13.1 Å². The number of carbonyl (C=O) groups excluding carboxylic acids is 1. The molecule has 1 fully saturated rings. The standard InChI is InChI=1S/C21H37N3O6SSi/c1-21(2,3)32(6,7)30-13-16(12-28-20(31)23-9-8-22-14-23)17-18(29-15-27-5)19(25)24(17)10-11-26-4/h8-9,14,16-18H,10-13,15H2,1-7H3/t16-,17+,18-/m1/s1. The lowest BCUT2D eigenvalue weighted by Gasteiger charge is -2.50. The molecule has 0 bridgehead atoms. The van der Waals surface area contributed by atoms with E-state index in [1.54, 1.807) is 35.3 Å². The van der Waals surface area contributed by atoms with Gasteiger partial charge in [0, 0.05) is 45.7 Å². The molecule has 1 aromatic rings. The van der Waals surface area contributed by atoms with Crippen molar-refractivity contribution in [2.24, 2.45) is 5.92 Å². The third-order valence-corrected chi connectivity index (χ3v) is 11.0. The van der Waals surface area contributed by atoms with Crippen molar-refractivity contribution in [3.05, 3.63) is 18.7 Å². The highest BCUT2D eigenvalue weighted by molar-refractivity contribution is 7.80. The van der Waals surface area contributed by atoms with Crippen molar-refractivity contribution in [3.8, 4) is 0 Å². The molecule has 11 heteroatoms. The number of imidazole rings is 1. The molecule has 2 heterocycles. The monoisotopic (exact) mass is 487 g/mol. The molecule has 9 nitrogen and oxygen atoms in total. The average Bonchev–Trinajstić information content (AvgIpc) is 3.26. The van der Waals surface area contributed by atoms with Crippen LogP contribution < -0.4 is 0 Å². The lowest BCUT2D eigenvalue weighted by molar-refractivity contribution is -0.197. The molecule has 3 atom stereocenters. The van der Waals surface area contributed by atoms with E-state index in [2.05, 4.69) is 38.8 Å². The van der Waals surface area contributed by atoms with E-state index in [1.807, 2.05) is 0 Å². The van der Waals surface area contributed by atoms with E-state index in [9.17, 15) is 4.79 Å². The zero-order chi connectivity index (χ0) is 23.9. The minimum Gasteiger partial charge on any atom is -0.470 e. The fourth-order valence-corrected chi connectivity index (χ4v) is 4.44. The number of hydrogen-bond acceptors (Lipinski definition) is 8. The molecule has 1 aliphatic rings. The van der Waals surface area contributed by atoms with Gasteiger partial charge in [-0.25, -0.2) is 4.98 Å². The van der Waals surface area contributed by atoms with Crippen molar-refractivity contribution in [2.45, 2.75) is 51.0 Å². The molecule has 1 aromatic heterocycles. The first-order chi connectivity index (χ1) is 15.0. The summed E-state index contributed by atoms with van der Waals surface area (Å²) in [7, 11) is 1.13. The Hall–Kier alpha value is -1.37. The predicted octanol–water partition coefficient (Wildman–Crippen LogP) is 2.52. The number of hydrogen-bond donors (Lipinski definition) is 0. The number of ether oxygens (including phenoxy) is 4. The number of likely N-dealkylation sites (tertiary alicyclic amines) is 1. The van der Waals surface area contributed by atoms with Crippen LogP contribution in [0.4, 0.5) is 0 Å². The molecular formula is C21H37N3O6SSi. The number of thiocarbonyl (C=S) groups is 1. The molecule has 0 saturated carbocycles. The summed E-state index contributed by atoms with van der Waals surface area (Å²) in [6, 6.07) is -0.233. The number of carbonyl (C=O) groups is 1. The van der Waals surface area contributed by atoms with Gasteiger partial charge in [-0.05, 0) is 30.4 Å². The van der Waals surface area contributed by atoms with Gasteiger partial charge in [-0.1, -0.05) is 20.8 Å². The van der Waals surface area contributed by atoms with Gasteiger partial charge < -0.3 is 28.3 Å². The summed E-state index contributed by atoms with van der Waals surface area (Å²) in [4.78, 5) is 18.5. The Bertz CT molecular complexity index is 722. The maximum absolute atomic E-state index is 12.8. The summed E-state index contributed by atoms with van der Waals surface area (Å²) >= 11 is 5.39. The van der Waals surface area contributed by atoms with Gasteiger partial charge in [0.25, 0.3) is 11.1 Å². The summed E-state index contributed by atoms with van der Waals surface area (Å²) in [6.07, 6.45) is 4.34. The highest BCUT2D eigenvalue weighted by Gasteiger charge is 2.52. The van der Waals surface area contributed by atoms with Crippen LogP contribution >= 0.6 is 12.2 Å². The normalized spacial score (nSPS) is 20.2. The van der Waals surface area contributed by atoms with Gasteiger partial charge in [0.2, 0.25) is 0 Å². The molecule has 1 amide bonds. The Morgan fingerprint density at radius 1 is 1.25 bits per heavy atom. The fraction of sp³-hybridized carbons (Fsp3) is 0.762. The first-order valence-corrected chi connectivity index (χ1v) is 14.0. The summed E-state index contributed by atoms with van der Waals surface area (Å²) in [6.45, 7) is 12.6. The molecule has 0 aliphatic carbocycles. The third kappa shape index (κ3) is 6.58. The quantitative estimate of drug-likeness (QED) is 0.192. The molecule has 2 rings (SSSR count). The smallest absolute Gasteiger partial charge is 0.268 e. The fourth-order valence-electron chi connectivity index (χ4n) is 3.20. The van der Waals surface area contributed by atoms with Crippen LogP contribution in [0.15, 0.2) is 18.7 Å². The van der Waals surface area contributed by atoms with Gasteiger partial charge in [0.15, 0.2) is 14.4 Å². The van der Waals surface area contributed by atoms with Crippen LogP contribution in [-0.2, 0) is 28.2 Å². The van der Waals surface area contributed by atoms with E-state index in [4.69, 9.17) is 35.6 Å². The molecule has 32 heavy (non-hydrogen) atoms. The zero-order valence-electron chi connectivity index (χ0n) is 20.2. The number of methoxy groups -OCH3 is 2. The second-order valence-electron chi connectivity index (χ2n) is 9.39. The van der Waals surface area contributed by atoms with Crippen molar-refractivity contribution in [1.82, 2.24) is 14.5 Å². The van der Waals surface area contributed by atoms with Crippen molar-refractivity contribution in [3.63, 3.8) is 0 Å². The van der Waals surface area contributed by atoms with E-state index < -0.39 is 14.4 Å². The Morgan fingerprint density at radius 2 is 1.97 bits per heavy atom. The molecule has 1 saturated heterocycles. The summed E-state index contributed by atoms with van der Waals surface area (Å²) < 4.78 is 30.0. The Kier molecular flexibility index (Phi) is 9.80. The molecular weight excluding hydrogens is 450 g/mol. The van der Waals surface area contributed by atoms with Gasteiger partial charge in [0.05, 0.1) is 19.3 Å². The Morgan fingerprint density at radius 3 is 2.53 bits per heavy atom. The van der Waals surface area contributed by atoms with E-state index in [0.29, 0.717) is 24.9 Å². The van der Waals surface area contributed by atoms with Crippen LogP contribution in [-0.4, -0.2) is 93.4 Å². The zero-order valence-corrected chi connectivity index (χ0v) is 22.0. The van der Waals surface area contributed by atoms with Crippen molar-refractivity contribution < 1.29 is 28.2 Å². The van der Waals surface area contributed by atoms with Crippen LogP contribution in [0.25, 0.3) is 0 Å². The molecule has 1 aliphatic heterocycles. The summed E-state index contributed by atoms with van der Waals surface area (Å²) in [5, 5.41) is 0.352. The first kappa shape index (κ1) is 26.9. The Labute approximate surface area is 197 Å². The second-order valence-corrected chi connectivity index (χ2v) is 14.5. The van der Waals surface area contributed by atoms with Gasteiger partial charge >= 0.3 is 0 Å². The van der Waals surface area contributed by atoms with E-state index in [1.165, 1.54) is 7.11 Å². The summed E-state index contributed by atoms with van der Waals surface area (Å²) in [5.74, 6) is -0.236. The highest BCUT2D eigenvalue weighted by atomic mass is 32.1. The SMILES string of the molecule is COCCN1C(=O)[C@H](OCOC)[C@@H]1[C@H](COC(=S)n1ccnc1)CO[Si](C)(C)C(C)(C)C. The lowest BCUT2D eigenvalue weighted by Crippen LogP contribution is -2.70. The predicted molar refractivity (Wildman–Crippen MR) is 127 cm³/mol. The number of rotatable bonds is 12. The first-order valence-electron chi connectivity index (χ1n) is 10.7. The van der Waals surface area contributed by atoms with Crippen LogP contribution in [0, 0.1) is 5.92 Å². The minimum atomic E-state index is -2.02. The lowest BCUT2D eigenvalue weighted by atomic mass is 9.86. The maximum atomic E-state index is 12.8. The number of aromatic nitrogens is 2. The molecule has 0 spiro atoms. The van der Waals surface area contributed by atoms with Gasteiger partial charge in [-0.2, -0.15) is 0 Å². The molecule has 0 unspecified atom stereocenters. The highest BCUT2D eigenvalue weighted by Crippen LogP contribution is 2.38. The van der Waals surface area contributed by atoms with Crippen molar-refractivity contribution in [2.75, 3.05) is 47.4 Å². The molecule has 182 valence electrons. The largest absolute Gasteiger partial charge is 0.470 e. The van der Waals surface area contributed by atoms with Crippen LogP contribution in [0.3, 0.4) is 0 Å². The Balaban J connectivity index is 2.20. The van der Waals surface area contributed by atoms with Crippen LogP contribution in [0.5, 0.6) is 0 Å². The van der Waals surface area contributed by atoms with Gasteiger partial charge in [-0.15, -0.1) is 0 Å². The topological polar surface area (TPSA) is 84.3 Å². The molecule has 0 N–H and O–H groups in total. The number of amides is 1. The third-order valence-electron chi connectivity index (χ3n) is 6.18. The maximum Gasteiger partial charge on any atom is 0.268 e. The van der Waals surface area contributed by atoms with Crippen LogP contribution in [0.2, 0.25) is 18.1 Å². The number of nitrogens with zero attached hydrogens (tertiary/aromatic N) is 3. The van der Waals surface area contributed by atoms with Crippen LogP contribution in [0.1, 0.15) is 20.8 Å². The number of β-lactam (4-membered cyclic amide) rings is 1. The summed E-state index contributed by atoms with van der Waals surface area (Å²) in [5.41, 5.74) is 0. The van der Waals surface area contributed by atoms with Crippen molar-refractivity contribution in [1.29, 1.82) is 0 Å².